The summed E-state index contributed by atoms with van der Waals surface area (Å²) in [6, 6.07) is 14.1. The molecule has 5 heterocycles. The van der Waals surface area contributed by atoms with Gasteiger partial charge in [-0.2, -0.15) is 5.26 Å². The van der Waals surface area contributed by atoms with Crippen molar-refractivity contribution in [3.8, 4) is 11.9 Å². The van der Waals surface area contributed by atoms with Crippen LogP contribution in [0.2, 0.25) is 5.02 Å². The van der Waals surface area contributed by atoms with Crippen LogP contribution in [-0.4, -0.2) is 39.8 Å². The maximum absolute atomic E-state index is 14.0. The van der Waals surface area contributed by atoms with Crippen LogP contribution < -0.4 is 9.64 Å². The van der Waals surface area contributed by atoms with Crippen molar-refractivity contribution in [1.29, 1.82) is 5.26 Å². The molecule has 3 fully saturated rings. The fourth-order valence-corrected chi connectivity index (χ4v) is 6.78. The van der Waals surface area contributed by atoms with Gasteiger partial charge in [-0.15, -0.1) is 0 Å². The van der Waals surface area contributed by atoms with Crippen LogP contribution >= 0.6 is 11.6 Å². The Hall–Kier alpha value is -4.00. The van der Waals surface area contributed by atoms with Crippen LogP contribution in [0.3, 0.4) is 0 Å². The van der Waals surface area contributed by atoms with Gasteiger partial charge in [0.15, 0.2) is 5.58 Å². The van der Waals surface area contributed by atoms with Gasteiger partial charge in [0.25, 0.3) is 5.88 Å². The summed E-state index contributed by atoms with van der Waals surface area (Å²) >= 11 is 6.12. The van der Waals surface area contributed by atoms with Gasteiger partial charge in [-0.3, -0.25) is 14.6 Å². The quantitative estimate of drug-likeness (QED) is 0.339. The Kier molecular flexibility index (Phi) is 4.87. The molecule has 2 aromatic carbocycles. The lowest BCUT2D eigenvalue weighted by Gasteiger charge is -2.31. The van der Waals surface area contributed by atoms with E-state index < -0.39 is 23.0 Å². The zero-order chi connectivity index (χ0) is 26.2. The molecule has 0 unspecified atom stereocenters. The van der Waals surface area contributed by atoms with Crippen LogP contribution in [0.5, 0.6) is 5.88 Å². The van der Waals surface area contributed by atoms with E-state index >= 15 is 0 Å². The monoisotopic (exact) mass is 528 g/mol. The summed E-state index contributed by atoms with van der Waals surface area (Å²) in [5, 5.41) is 15.3. The molecular weight excluding hydrogens is 508 g/mol. The Labute approximate surface area is 221 Å². The summed E-state index contributed by atoms with van der Waals surface area (Å²) in [4.78, 5) is 33.4. The molecule has 10 heteroatoms. The van der Waals surface area contributed by atoms with Crippen molar-refractivity contribution in [3.63, 3.8) is 0 Å². The number of nitriles is 1. The van der Waals surface area contributed by atoms with Gasteiger partial charge in [0, 0.05) is 23.0 Å². The molecular formula is C28H21ClN4O5. The second-order valence-corrected chi connectivity index (χ2v) is 10.8. The minimum absolute atomic E-state index is 0.221. The van der Waals surface area contributed by atoms with E-state index in [4.69, 9.17) is 25.6 Å². The van der Waals surface area contributed by atoms with Crippen molar-refractivity contribution in [3.05, 3.63) is 59.2 Å². The smallest absolute Gasteiger partial charge is 0.262 e. The van der Waals surface area contributed by atoms with Crippen molar-refractivity contribution in [2.24, 2.45) is 11.8 Å². The van der Waals surface area contributed by atoms with Crippen LogP contribution in [0.4, 0.5) is 5.69 Å². The van der Waals surface area contributed by atoms with Gasteiger partial charge in [0.2, 0.25) is 11.8 Å². The third-order valence-electron chi connectivity index (χ3n) is 8.28. The molecule has 190 valence electrons. The first-order valence-corrected chi connectivity index (χ1v) is 12.8. The zero-order valence-corrected chi connectivity index (χ0v) is 21.1. The highest BCUT2D eigenvalue weighted by Gasteiger charge is 2.73. The molecule has 2 aromatic heterocycles. The number of fused-ring (bicyclic) bond motifs is 7. The first-order valence-electron chi connectivity index (χ1n) is 12.4. The molecule has 3 aliphatic rings. The molecule has 0 radical (unpaired) electrons. The predicted molar refractivity (Wildman–Crippen MR) is 137 cm³/mol. The number of aromatic nitrogens is 2. The van der Waals surface area contributed by atoms with E-state index in [1.165, 1.54) is 4.90 Å². The second-order valence-electron chi connectivity index (χ2n) is 10.3. The Balaban J connectivity index is 1.21. The Morgan fingerprint density at radius 2 is 2.00 bits per heavy atom. The number of rotatable bonds is 5. The molecule has 4 atom stereocenters. The number of hydrogen-bond acceptors (Lipinski definition) is 8. The number of amides is 2. The summed E-state index contributed by atoms with van der Waals surface area (Å²) in [5.74, 6) is -1.49. The first kappa shape index (κ1) is 23.1. The van der Waals surface area contributed by atoms with Crippen molar-refractivity contribution >= 4 is 51.0 Å². The lowest BCUT2D eigenvalue weighted by atomic mass is 9.67. The van der Waals surface area contributed by atoms with Crippen LogP contribution in [-0.2, 0) is 14.3 Å². The third kappa shape index (κ3) is 3.08. The van der Waals surface area contributed by atoms with Gasteiger partial charge >= 0.3 is 0 Å². The number of anilines is 1. The van der Waals surface area contributed by atoms with E-state index in [0.717, 1.165) is 0 Å². The third-order valence-corrected chi connectivity index (χ3v) is 8.52. The fraction of sp³-hybridized carbons (Fsp3) is 0.321. The van der Waals surface area contributed by atoms with Crippen molar-refractivity contribution in [2.45, 2.75) is 37.4 Å². The predicted octanol–water partition coefficient (Wildman–Crippen LogP) is 4.80. The molecule has 38 heavy (non-hydrogen) atoms. The normalized spacial score (nSPS) is 27.9. The molecule has 0 aliphatic carbocycles. The van der Waals surface area contributed by atoms with Gasteiger partial charge in [-0.25, -0.2) is 4.90 Å². The second kappa shape index (κ2) is 8.00. The topological polar surface area (TPSA) is 119 Å². The zero-order valence-electron chi connectivity index (χ0n) is 20.3. The van der Waals surface area contributed by atoms with Crippen LogP contribution in [0.15, 0.2) is 53.2 Å². The number of hydrogen-bond donors (Lipinski definition) is 0. The lowest BCUT2D eigenvalue weighted by Crippen LogP contribution is -2.43. The molecule has 7 rings (SSSR count). The highest BCUT2D eigenvalue weighted by Crippen LogP contribution is 2.62. The SMILES string of the molecule is C[C@@]12CC[C@@](CCOc3noc4ccc(Cl)cc34)(O1)[C@H]1C(=O)N(c3ccc(C#N)c4ncccc34)C(=O)[C@H]12. The largest absolute Gasteiger partial charge is 0.475 e. The highest BCUT2D eigenvalue weighted by atomic mass is 35.5. The van der Waals surface area contributed by atoms with Crippen LogP contribution in [0.25, 0.3) is 21.9 Å². The van der Waals surface area contributed by atoms with Gasteiger partial charge in [-0.05, 0) is 67.4 Å². The lowest BCUT2D eigenvalue weighted by molar-refractivity contribution is -0.131. The molecule has 2 bridgehead atoms. The number of carbonyl (C=O) groups excluding carboxylic acids is 2. The average molecular weight is 529 g/mol. The van der Waals surface area contributed by atoms with Gasteiger partial charge < -0.3 is 14.0 Å². The van der Waals surface area contributed by atoms with E-state index in [-0.39, 0.29) is 18.4 Å². The van der Waals surface area contributed by atoms with E-state index in [2.05, 4.69) is 16.2 Å². The number of ether oxygens (including phenoxy) is 2. The first-order chi connectivity index (χ1) is 18.3. The Morgan fingerprint density at radius 1 is 1.16 bits per heavy atom. The minimum Gasteiger partial charge on any atom is -0.475 e. The summed E-state index contributed by atoms with van der Waals surface area (Å²) in [6.45, 7) is 2.14. The average Bonchev–Trinajstić information content (AvgIpc) is 3.62. The Bertz CT molecular complexity index is 1710. The highest BCUT2D eigenvalue weighted by molar-refractivity contribution is 6.31. The maximum Gasteiger partial charge on any atom is 0.262 e. The number of pyridine rings is 1. The molecule has 3 saturated heterocycles. The maximum atomic E-state index is 14.0. The van der Waals surface area contributed by atoms with Crippen molar-refractivity contribution in [2.75, 3.05) is 11.5 Å². The summed E-state index contributed by atoms with van der Waals surface area (Å²) < 4.78 is 17.8. The van der Waals surface area contributed by atoms with E-state index in [0.29, 0.717) is 63.3 Å². The summed E-state index contributed by atoms with van der Waals surface area (Å²) in [6.07, 6.45) is 3.30. The number of benzene rings is 2. The van der Waals surface area contributed by atoms with Gasteiger partial charge in [0.1, 0.15) is 6.07 Å². The number of imide groups is 1. The summed E-state index contributed by atoms with van der Waals surface area (Å²) in [7, 11) is 0. The van der Waals surface area contributed by atoms with E-state index in [9.17, 15) is 14.9 Å². The standard InChI is InChI=1S/C28H21ClN4O5/c1-27-8-9-28(38-27,10-12-36-24-18-13-16(29)5-7-20(18)37-32-24)22-21(27)25(34)33(26(22)35)19-6-4-15(14-30)23-17(19)3-2-11-31-23/h2-7,11,13,21-22H,8-10,12H2,1H3/t21-,22+,27-,28-/m0/s1. The molecule has 0 spiro atoms. The number of nitrogens with zero attached hydrogens (tertiary/aromatic N) is 4. The molecule has 9 nitrogen and oxygen atoms in total. The van der Waals surface area contributed by atoms with Gasteiger partial charge in [-0.1, -0.05) is 11.6 Å². The fourth-order valence-electron chi connectivity index (χ4n) is 6.60. The van der Waals surface area contributed by atoms with Crippen LogP contribution in [0, 0.1) is 23.2 Å². The van der Waals surface area contributed by atoms with E-state index in [1.54, 1.807) is 48.7 Å². The van der Waals surface area contributed by atoms with E-state index in [1.807, 2.05) is 6.92 Å². The van der Waals surface area contributed by atoms with Crippen LogP contribution in [0.1, 0.15) is 31.7 Å². The molecule has 3 aliphatic heterocycles. The summed E-state index contributed by atoms with van der Waals surface area (Å²) in [5.41, 5.74) is 0.258. The molecule has 2 amide bonds. The Morgan fingerprint density at radius 3 is 2.84 bits per heavy atom. The van der Waals surface area contributed by atoms with Gasteiger partial charge in [0.05, 0.1) is 51.8 Å². The van der Waals surface area contributed by atoms with Crippen molar-refractivity contribution in [1.82, 2.24) is 10.1 Å². The minimum atomic E-state index is -0.835. The number of carbonyl (C=O) groups is 2. The number of halogens is 1. The van der Waals surface area contributed by atoms with Crippen molar-refractivity contribution < 1.29 is 23.6 Å². The molecule has 4 aromatic rings. The molecule has 0 N–H and O–H groups in total. The molecule has 0 saturated carbocycles.